The van der Waals surface area contributed by atoms with E-state index in [0.717, 1.165) is 25.3 Å². The molecule has 1 fully saturated rings. The quantitative estimate of drug-likeness (QED) is 0.798. The third kappa shape index (κ3) is 5.33. The van der Waals surface area contributed by atoms with Crippen LogP contribution < -0.4 is 5.32 Å². The molecule has 0 bridgehead atoms. The summed E-state index contributed by atoms with van der Waals surface area (Å²) in [6, 6.07) is 2.90. The predicted octanol–water partition coefficient (Wildman–Crippen LogP) is 3.43. The van der Waals surface area contributed by atoms with Crippen LogP contribution in [-0.4, -0.2) is 33.9 Å². The van der Waals surface area contributed by atoms with Crippen LogP contribution in [0.2, 0.25) is 0 Å². The lowest BCUT2D eigenvalue weighted by molar-refractivity contribution is 0.358. The van der Waals surface area contributed by atoms with Gasteiger partial charge in [-0.25, -0.2) is 0 Å². The number of hydrogen-bond donors (Lipinski definition) is 1. The minimum Gasteiger partial charge on any atom is -0.314 e. The van der Waals surface area contributed by atoms with Gasteiger partial charge in [0.1, 0.15) is 0 Å². The summed E-state index contributed by atoms with van der Waals surface area (Å²) in [7, 11) is 2.09. The van der Waals surface area contributed by atoms with Crippen molar-refractivity contribution in [2.24, 2.45) is 13.0 Å². The summed E-state index contributed by atoms with van der Waals surface area (Å²) >= 11 is 2.12. The second-order valence-electron chi connectivity index (χ2n) is 6.25. The van der Waals surface area contributed by atoms with Crippen molar-refractivity contribution in [1.29, 1.82) is 0 Å². The van der Waals surface area contributed by atoms with E-state index in [0.29, 0.717) is 6.04 Å². The van der Waals surface area contributed by atoms with Crippen molar-refractivity contribution in [3.63, 3.8) is 0 Å². The van der Waals surface area contributed by atoms with Gasteiger partial charge in [0, 0.05) is 25.2 Å². The molecule has 120 valence electrons. The lowest BCUT2D eigenvalue weighted by atomic mass is 9.92. The van der Waals surface area contributed by atoms with E-state index in [-0.39, 0.29) is 0 Å². The Morgan fingerprint density at radius 1 is 1.38 bits per heavy atom. The van der Waals surface area contributed by atoms with Crippen LogP contribution in [0.15, 0.2) is 6.07 Å². The van der Waals surface area contributed by atoms with Crippen LogP contribution >= 0.6 is 11.8 Å². The van der Waals surface area contributed by atoms with Gasteiger partial charge < -0.3 is 5.32 Å². The molecule has 1 aliphatic rings. The number of rotatable bonds is 8. The molecule has 0 saturated carbocycles. The average Bonchev–Trinajstić information content (AvgIpc) is 2.86. The van der Waals surface area contributed by atoms with E-state index in [2.05, 4.69) is 53.8 Å². The number of aryl methyl sites for hydroxylation is 2. The maximum absolute atomic E-state index is 4.59. The van der Waals surface area contributed by atoms with Gasteiger partial charge >= 0.3 is 0 Å². The summed E-state index contributed by atoms with van der Waals surface area (Å²) in [5.41, 5.74) is 2.60. The molecule has 3 nitrogen and oxygen atoms in total. The maximum atomic E-state index is 4.59. The minimum absolute atomic E-state index is 0.609. The van der Waals surface area contributed by atoms with Crippen LogP contribution in [0.25, 0.3) is 0 Å². The number of aromatic nitrogens is 2. The smallest absolute Gasteiger partial charge is 0.0624 e. The van der Waals surface area contributed by atoms with Gasteiger partial charge in [0.15, 0.2) is 0 Å². The van der Waals surface area contributed by atoms with E-state index in [1.807, 2.05) is 0 Å². The fourth-order valence-corrected chi connectivity index (χ4v) is 4.36. The average molecular weight is 310 g/mol. The fraction of sp³-hybridized carbons (Fsp3) is 0.824. The number of thioether (sulfide) groups is 1. The second kappa shape index (κ2) is 8.84. The predicted molar refractivity (Wildman–Crippen MR) is 93.0 cm³/mol. The third-order valence-corrected chi connectivity index (χ3v) is 5.54. The SMILES string of the molecule is CCCNC(Cc1cc(CC)nn1C)CC1CCSCC1. The molecule has 1 aromatic heterocycles. The first-order chi connectivity index (χ1) is 10.2. The molecule has 2 heterocycles. The Morgan fingerprint density at radius 3 is 2.76 bits per heavy atom. The Balaban J connectivity index is 1.95. The molecular formula is C17H31N3S. The van der Waals surface area contributed by atoms with Gasteiger partial charge in [0.05, 0.1) is 5.69 Å². The lowest BCUT2D eigenvalue weighted by Crippen LogP contribution is -2.35. The van der Waals surface area contributed by atoms with Crippen LogP contribution in [0.4, 0.5) is 0 Å². The monoisotopic (exact) mass is 309 g/mol. The van der Waals surface area contributed by atoms with Crippen molar-refractivity contribution >= 4 is 11.8 Å². The zero-order valence-electron chi connectivity index (χ0n) is 13.9. The summed E-state index contributed by atoms with van der Waals surface area (Å²) in [5.74, 6) is 3.63. The van der Waals surface area contributed by atoms with E-state index < -0.39 is 0 Å². The zero-order chi connectivity index (χ0) is 15.1. The van der Waals surface area contributed by atoms with Gasteiger partial charge in [-0.1, -0.05) is 13.8 Å². The highest BCUT2D eigenvalue weighted by Gasteiger charge is 2.20. The molecule has 21 heavy (non-hydrogen) atoms. The Bertz CT molecular complexity index is 410. The second-order valence-corrected chi connectivity index (χ2v) is 7.48. The molecule has 0 spiro atoms. The molecule has 1 N–H and O–H groups in total. The van der Waals surface area contributed by atoms with E-state index in [1.165, 1.54) is 48.6 Å². The largest absolute Gasteiger partial charge is 0.314 e. The fourth-order valence-electron chi connectivity index (χ4n) is 3.16. The molecule has 2 rings (SSSR count). The number of nitrogens with one attached hydrogen (secondary N) is 1. The first-order valence-electron chi connectivity index (χ1n) is 8.55. The Labute approximate surface area is 134 Å². The van der Waals surface area contributed by atoms with Crippen LogP contribution in [0, 0.1) is 5.92 Å². The van der Waals surface area contributed by atoms with E-state index in [4.69, 9.17) is 0 Å². The van der Waals surface area contributed by atoms with E-state index >= 15 is 0 Å². The molecule has 1 saturated heterocycles. The minimum atomic E-state index is 0.609. The first-order valence-corrected chi connectivity index (χ1v) is 9.71. The van der Waals surface area contributed by atoms with Crippen molar-refractivity contribution in [2.45, 2.75) is 58.4 Å². The topological polar surface area (TPSA) is 29.9 Å². The summed E-state index contributed by atoms with van der Waals surface area (Å²) in [6.45, 7) is 5.56. The van der Waals surface area contributed by atoms with Gasteiger partial charge in [-0.3, -0.25) is 4.68 Å². The Hall–Kier alpha value is -0.480. The highest BCUT2D eigenvalue weighted by Crippen LogP contribution is 2.27. The Kier molecular flexibility index (Phi) is 7.11. The third-order valence-electron chi connectivity index (χ3n) is 4.49. The van der Waals surface area contributed by atoms with Crippen molar-refractivity contribution in [3.8, 4) is 0 Å². The van der Waals surface area contributed by atoms with Crippen molar-refractivity contribution in [1.82, 2.24) is 15.1 Å². The molecule has 1 unspecified atom stereocenters. The normalized spacial score (nSPS) is 18.0. The molecule has 0 radical (unpaired) electrons. The first kappa shape index (κ1) is 16.9. The zero-order valence-corrected chi connectivity index (χ0v) is 14.7. The van der Waals surface area contributed by atoms with Crippen molar-refractivity contribution in [2.75, 3.05) is 18.1 Å². The highest BCUT2D eigenvalue weighted by atomic mass is 32.2. The summed E-state index contributed by atoms with van der Waals surface area (Å²) in [4.78, 5) is 0. The summed E-state index contributed by atoms with van der Waals surface area (Å²) < 4.78 is 2.08. The van der Waals surface area contributed by atoms with E-state index in [9.17, 15) is 0 Å². The molecule has 1 aromatic rings. The number of hydrogen-bond acceptors (Lipinski definition) is 3. The Morgan fingerprint density at radius 2 is 2.14 bits per heavy atom. The highest BCUT2D eigenvalue weighted by molar-refractivity contribution is 7.99. The van der Waals surface area contributed by atoms with Crippen LogP contribution in [0.3, 0.4) is 0 Å². The molecule has 0 amide bonds. The molecule has 1 atom stereocenters. The van der Waals surface area contributed by atoms with Crippen molar-refractivity contribution < 1.29 is 0 Å². The van der Waals surface area contributed by atoms with Gasteiger partial charge in [0.25, 0.3) is 0 Å². The molecule has 0 aromatic carbocycles. The van der Waals surface area contributed by atoms with Crippen molar-refractivity contribution in [3.05, 3.63) is 17.5 Å². The molecular weight excluding hydrogens is 278 g/mol. The van der Waals surface area contributed by atoms with Gasteiger partial charge in [-0.2, -0.15) is 16.9 Å². The standard InChI is InChI=1S/C17H31N3S/c1-4-8-18-16(11-14-6-9-21-10-7-14)13-17-12-15(5-2)19-20(17)3/h12,14,16,18H,4-11,13H2,1-3H3. The molecule has 0 aliphatic carbocycles. The molecule has 1 aliphatic heterocycles. The van der Waals surface area contributed by atoms with Gasteiger partial charge in [0.2, 0.25) is 0 Å². The lowest BCUT2D eigenvalue weighted by Gasteiger charge is -2.27. The maximum Gasteiger partial charge on any atom is 0.0624 e. The summed E-state index contributed by atoms with van der Waals surface area (Å²) in [6.07, 6.45) is 7.49. The molecule has 4 heteroatoms. The van der Waals surface area contributed by atoms with E-state index in [1.54, 1.807) is 0 Å². The van der Waals surface area contributed by atoms with Crippen LogP contribution in [0.1, 0.15) is 50.9 Å². The summed E-state index contributed by atoms with van der Waals surface area (Å²) in [5, 5.41) is 8.37. The number of nitrogens with zero attached hydrogens (tertiary/aromatic N) is 2. The van der Waals surface area contributed by atoms with Crippen LogP contribution in [0.5, 0.6) is 0 Å². The van der Waals surface area contributed by atoms with Gasteiger partial charge in [-0.15, -0.1) is 0 Å². The van der Waals surface area contributed by atoms with Crippen LogP contribution in [-0.2, 0) is 19.9 Å². The van der Waals surface area contributed by atoms with Gasteiger partial charge in [-0.05, 0) is 62.1 Å².